The molecule has 0 amide bonds. The normalized spacial score (nSPS) is 13.2. The lowest BCUT2D eigenvalue weighted by molar-refractivity contribution is 0.791. The molecule has 17 heavy (non-hydrogen) atoms. The van der Waals surface area contributed by atoms with Crippen LogP contribution < -0.4 is 5.49 Å². The molecule has 2 nitrogen and oxygen atoms in total. The van der Waals surface area contributed by atoms with Crippen molar-refractivity contribution in [2.75, 3.05) is 0 Å². The first-order valence-electron chi connectivity index (χ1n) is 6.46. The standard InChI is InChI=1S/C15H24N2/c1-6-8-13(4)16-15-10-12(3)14(9-7-2)11-17(15)5/h8,10-11H,6-7,9H2,1-5H3/b13-8+,16-15?. The molecule has 2 heteroatoms. The van der Waals surface area contributed by atoms with Gasteiger partial charge < -0.3 is 4.57 Å². The topological polar surface area (TPSA) is 17.3 Å². The number of pyridine rings is 1. The van der Waals surface area contributed by atoms with Gasteiger partial charge in [-0.05, 0) is 43.9 Å². The SMILES string of the molecule is CC/C=C(\C)N=c1cc(C)c(CCC)cn1C. The predicted molar refractivity (Wildman–Crippen MR) is 73.8 cm³/mol. The molecule has 0 aliphatic carbocycles. The number of rotatable bonds is 4. The van der Waals surface area contributed by atoms with Crippen molar-refractivity contribution in [3.8, 4) is 0 Å². The Labute approximate surface area is 105 Å². The zero-order chi connectivity index (χ0) is 12.8. The second-order valence-electron chi connectivity index (χ2n) is 4.57. The lowest BCUT2D eigenvalue weighted by atomic mass is 10.1. The van der Waals surface area contributed by atoms with Crippen molar-refractivity contribution in [3.63, 3.8) is 0 Å². The molecule has 1 aromatic rings. The van der Waals surface area contributed by atoms with Crippen molar-refractivity contribution < 1.29 is 0 Å². The maximum atomic E-state index is 4.63. The van der Waals surface area contributed by atoms with Crippen LogP contribution in [-0.2, 0) is 13.5 Å². The molecule has 0 fully saturated rings. The van der Waals surface area contributed by atoms with E-state index in [2.05, 4.69) is 62.6 Å². The first kappa shape index (κ1) is 13.8. The molecule has 1 aromatic heterocycles. The zero-order valence-electron chi connectivity index (χ0n) is 11.7. The summed E-state index contributed by atoms with van der Waals surface area (Å²) in [5.41, 5.74) is 4.88. The second kappa shape index (κ2) is 6.43. The summed E-state index contributed by atoms with van der Waals surface area (Å²) in [6, 6.07) is 2.18. The molecule has 0 radical (unpaired) electrons. The molecule has 0 aliphatic rings. The van der Waals surface area contributed by atoms with Crippen LogP contribution in [0.3, 0.4) is 0 Å². The summed E-state index contributed by atoms with van der Waals surface area (Å²) in [5.74, 6) is 0. The van der Waals surface area contributed by atoms with Crippen LogP contribution in [0.5, 0.6) is 0 Å². The summed E-state index contributed by atoms with van der Waals surface area (Å²) < 4.78 is 2.12. The molecule has 0 unspecified atom stereocenters. The number of hydrogen-bond donors (Lipinski definition) is 0. The molecule has 0 bridgehead atoms. The van der Waals surface area contributed by atoms with E-state index in [1.165, 1.54) is 17.5 Å². The fourth-order valence-electron chi connectivity index (χ4n) is 1.95. The molecule has 0 spiro atoms. The molecule has 0 saturated heterocycles. The highest BCUT2D eigenvalue weighted by atomic mass is 15.0. The van der Waals surface area contributed by atoms with Gasteiger partial charge in [0.15, 0.2) is 0 Å². The minimum atomic E-state index is 1.03. The molecule has 0 saturated carbocycles. The van der Waals surface area contributed by atoms with E-state index in [1.807, 2.05) is 0 Å². The summed E-state index contributed by atoms with van der Waals surface area (Å²) in [7, 11) is 2.07. The summed E-state index contributed by atoms with van der Waals surface area (Å²) in [4.78, 5) is 4.63. The third kappa shape index (κ3) is 3.88. The Kier molecular flexibility index (Phi) is 5.20. The molecular formula is C15H24N2. The van der Waals surface area contributed by atoms with Gasteiger partial charge in [0.25, 0.3) is 0 Å². The lowest BCUT2D eigenvalue weighted by Crippen LogP contribution is -2.19. The molecule has 0 aromatic carbocycles. The number of aromatic nitrogens is 1. The summed E-state index contributed by atoms with van der Waals surface area (Å²) in [6.07, 6.45) is 7.72. The van der Waals surface area contributed by atoms with E-state index in [0.29, 0.717) is 0 Å². The minimum absolute atomic E-state index is 1.03. The number of allylic oxidation sites excluding steroid dienone is 2. The number of hydrogen-bond acceptors (Lipinski definition) is 1. The van der Waals surface area contributed by atoms with Gasteiger partial charge in [0.1, 0.15) is 5.49 Å². The van der Waals surface area contributed by atoms with Gasteiger partial charge in [0.2, 0.25) is 0 Å². The first-order valence-corrected chi connectivity index (χ1v) is 6.46. The smallest absolute Gasteiger partial charge is 0.132 e. The summed E-state index contributed by atoms with van der Waals surface area (Å²) >= 11 is 0. The van der Waals surface area contributed by atoms with Gasteiger partial charge in [-0.15, -0.1) is 0 Å². The van der Waals surface area contributed by atoms with Gasteiger partial charge in [0, 0.05) is 18.9 Å². The molecule has 0 N–H and O–H groups in total. The van der Waals surface area contributed by atoms with Gasteiger partial charge in [-0.2, -0.15) is 0 Å². The number of nitrogens with zero attached hydrogens (tertiary/aromatic N) is 2. The van der Waals surface area contributed by atoms with Crippen molar-refractivity contribution in [1.29, 1.82) is 0 Å². The third-order valence-corrected chi connectivity index (χ3v) is 2.87. The van der Waals surface area contributed by atoms with Crippen LogP contribution in [0.25, 0.3) is 0 Å². The Morgan fingerprint density at radius 2 is 2.12 bits per heavy atom. The van der Waals surface area contributed by atoms with E-state index in [-0.39, 0.29) is 0 Å². The highest BCUT2D eigenvalue weighted by molar-refractivity contribution is 5.22. The number of aryl methyl sites for hydroxylation is 3. The third-order valence-electron chi connectivity index (χ3n) is 2.87. The Bertz CT molecular complexity index is 464. The van der Waals surface area contributed by atoms with E-state index >= 15 is 0 Å². The largest absolute Gasteiger partial charge is 0.336 e. The van der Waals surface area contributed by atoms with Crippen LogP contribution in [0, 0.1) is 6.92 Å². The van der Waals surface area contributed by atoms with E-state index in [0.717, 1.165) is 24.0 Å². The van der Waals surface area contributed by atoms with Crippen LogP contribution in [-0.4, -0.2) is 4.57 Å². The average Bonchev–Trinajstić information content (AvgIpc) is 2.26. The second-order valence-corrected chi connectivity index (χ2v) is 4.57. The Hall–Kier alpha value is -1.31. The van der Waals surface area contributed by atoms with Crippen molar-refractivity contribution in [2.45, 2.75) is 47.0 Å². The molecule has 94 valence electrons. The molecule has 0 aliphatic heterocycles. The van der Waals surface area contributed by atoms with Crippen molar-refractivity contribution >= 4 is 0 Å². The Morgan fingerprint density at radius 3 is 2.71 bits per heavy atom. The molecule has 1 rings (SSSR count). The van der Waals surface area contributed by atoms with Crippen LogP contribution in [0.1, 0.15) is 44.7 Å². The fourth-order valence-corrected chi connectivity index (χ4v) is 1.95. The van der Waals surface area contributed by atoms with Crippen LogP contribution >= 0.6 is 0 Å². The van der Waals surface area contributed by atoms with Gasteiger partial charge >= 0.3 is 0 Å². The quantitative estimate of drug-likeness (QED) is 0.756. The average molecular weight is 232 g/mol. The maximum Gasteiger partial charge on any atom is 0.132 e. The monoisotopic (exact) mass is 232 g/mol. The van der Waals surface area contributed by atoms with Crippen molar-refractivity contribution in [2.24, 2.45) is 12.0 Å². The van der Waals surface area contributed by atoms with Crippen LogP contribution in [0.4, 0.5) is 0 Å². The Balaban J connectivity index is 3.20. The fraction of sp³-hybridized carbons (Fsp3) is 0.533. The predicted octanol–water partition coefficient (Wildman–Crippen LogP) is 3.50. The van der Waals surface area contributed by atoms with E-state index in [1.54, 1.807) is 0 Å². The van der Waals surface area contributed by atoms with Gasteiger partial charge in [-0.1, -0.05) is 26.3 Å². The van der Waals surface area contributed by atoms with Gasteiger partial charge in [-0.25, -0.2) is 4.99 Å². The van der Waals surface area contributed by atoms with Gasteiger partial charge in [0.05, 0.1) is 0 Å². The highest BCUT2D eigenvalue weighted by Gasteiger charge is 1.99. The molecular weight excluding hydrogens is 208 g/mol. The zero-order valence-corrected chi connectivity index (χ0v) is 11.7. The van der Waals surface area contributed by atoms with E-state index in [4.69, 9.17) is 0 Å². The first-order chi connectivity index (χ1) is 8.08. The Morgan fingerprint density at radius 1 is 1.41 bits per heavy atom. The molecule has 1 heterocycles. The summed E-state index contributed by atoms with van der Waals surface area (Å²) in [6.45, 7) is 8.57. The van der Waals surface area contributed by atoms with Crippen LogP contribution in [0.2, 0.25) is 0 Å². The van der Waals surface area contributed by atoms with E-state index in [9.17, 15) is 0 Å². The lowest BCUT2D eigenvalue weighted by Gasteiger charge is -2.08. The molecule has 0 atom stereocenters. The maximum absolute atomic E-state index is 4.63. The minimum Gasteiger partial charge on any atom is -0.336 e. The van der Waals surface area contributed by atoms with Crippen molar-refractivity contribution in [1.82, 2.24) is 4.57 Å². The van der Waals surface area contributed by atoms with Crippen molar-refractivity contribution in [3.05, 3.63) is 40.7 Å². The van der Waals surface area contributed by atoms with E-state index < -0.39 is 0 Å². The van der Waals surface area contributed by atoms with Gasteiger partial charge in [-0.3, -0.25) is 0 Å². The summed E-state index contributed by atoms with van der Waals surface area (Å²) in [5, 5.41) is 0. The highest BCUT2D eigenvalue weighted by Crippen LogP contribution is 2.07. The van der Waals surface area contributed by atoms with Crippen LogP contribution in [0.15, 0.2) is 29.0 Å².